The summed E-state index contributed by atoms with van der Waals surface area (Å²) in [6.07, 6.45) is 10.6. The molecule has 1 aromatic rings. The minimum atomic E-state index is 1.07. The minimum Gasteiger partial charge on any atom is -0.304 e. The van der Waals surface area contributed by atoms with Gasteiger partial charge in [0.25, 0.3) is 0 Å². The van der Waals surface area contributed by atoms with E-state index in [0.29, 0.717) is 0 Å². The van der Waals surface area contributed by atoms with Crippen molar-refractivity contribution in [3.8, 4) is 0 Å². The van der Waals surface area contributed by atoms with E-state index >= 15 is 0 Å². The highest BCUT2D eigenvalue weighted by Crippen LogP contribution is 2.15. The standard InChI is InChI=1S/C18H22N2/c1-19-10-12-20(13-11-19)15-18-8-6-17(7-9-18)14-16-4-2-3-5-16/h2-9,14H,10-13,15H2,1H3. The molecule has 0 radical (unpaired) electrons. The maximum absolute atomic E-state index is 2.54. The molecule has 0 N–H and O–H groups in total. The predicted molar refractivity (Wildman–Crippen MR) is 85.5 cm³/mol. The second-order valence-electron chi connectivity index (χ2n) is 5.68. The Morgan fingerprint density at radius 2 is 1.60 bits per heavy atom. The number of nitrogens with zero attached hydrogens (tertiary/aromatic N) is 2. The van der Waals surface area contributed by atoms with Crippen molar-refractivity contribution in [3.05, 3.63) is 65.3 Å². The van der Waals surface area contributed by atoms with Crippen LogP contribution < -0.4 is 0 Å². The van der Waals surface area contributed by atoms with E-state index in [4.69, 9.17) is 0 Å². The Morgan fingerprint density at radius 1 is 0.950 bits per heavy atom. The molecule has 104 valence electrons. The van der Waals surface area contributed by atoms with E-state index in [1.165, 1.54) is 42.9 Å². The zero-order valence-electron chi connectivity index (χ0n) is 12.1. The van der Waals surface area contributed by atoms with Gasteiger partial charge in [-0.3, -0.25) is 4.90 Å². The summed E-state index contributed by atoms with van der Waals surface area (Å²) in [5.74, 6) is 0. The van der Waals surface area contributed by atoms with Crippen molar-refractivity contribution in [1.82, 2.24) is 9.80 Å². The number of likely N-dealkylation sites (N-methyl/N-ethyl adjacent to an activating group) is 1. The summed E-state index contributed by atoms with van der Waals surface area (Å²) in [4.78, 5) is 4.93. The molecule has 1 fully saturated rings. The molecule has 0 atom stereocenters. The van der Waals surface area contributed by atoms with E-state index in [1.807, 2.05) is 0 Å². The molecular formula is C18H22N2. The highest BCUT2D eigenvalue weighted by Gasteiger charge is 2.13. The van der Waals surface area contributed by atoms with Gasteiger partial charge in [0.15, 0.2) is 0 Å². The SMILES string of the molecule is CN1CCN(Cc2ccc(C=C3C=CC=C3)cc2)CC1. The number of hydrogen-bond donors (Lipinski definition) is 0. The van der Waals surface area contributed by atoms with Crippen LogP contribution in [0.5, 0.6) is 0 Å². The van der Waals surface area contributed by atoms with Crippen molar-refractivity contribution in [2.24, 2.45) is 0 Å². The molecule has 1 heterocycles. The summed E-state index contributed by atoms with van der Waals surface area (Å²) in [7, 11) is 2.20. The van der Waals surface area contributed by atoms with E-state index in [1.54, 1.807) is 0 Å². The van der Waals surface area contributed by atoms with Gasteiger partial charge in [-0.05, 0) is 29.8 Å². The molecule has 0 unspecified atom stereocenters. The van der Waals surface area contributed by atoms with E-state index in [9.17, 15) is 0 Å². The smallest absolute Gasteiger partial charge is 0.0234 e. The fraction of sp³-hybridized carbons (Fsp3) is 0.333. The lowest BCUT2D eigenvalue weighted by atomic mass is 10.1. The second-order valence-corrected chi connectivity index (χ2v) is 5.68. The largest absolute Gasteiger partial charge is 0.304 e. The molecule has 2 heteroatoms. The van der Waals surface area contributed by atoms with Gasteiger partial charge in [-0.15, -0.1) is 0 Å². The van der Waals surface area contributed by atoms with Gasteiger partial charge in [0.2, 0.25) is 0 Å². The van der Waals surface area contributed by atoms with E-state index in [-0.39, 0.29) is 0 Å². The first kappa shape index (κ1) is 13.3. The molecule has 1 aromatic carbocycles. The van der Waals surface area contributed by atoms with E-state index in [0.717, 1.165) is 6.54 Å². The van der Waals surface area contributed by atoms with Gasteiger partial charge >= 0.3 is 0 Å². The van der Waals surface area contributed by atoms with Crippen LogP contribution in [0.1, 0.15) is 11.1 Å². The van der Waals surface area contributed by atoms with Crippen molar-refractivity contribution in [2.45, 2.75) is 6.54 Å². The number of piperazine rings is 1. The zero-order chi connectivity index (χ0) is 13.8. The van der Waals surface area contributed by atoms with Crippen molar-refractivity contribution in [2.75, 3.05) is 33.2 Å². The first-order valence-electron chi connectivity index (χ1n) is 7.36. The normalized spacial score (nSPS) is 19.8. The lowest BCUT2D eigenvalue weighted by Crippen LogP contribution is -2.43. The Labute approximate surface area is 121 Å². The lowest BCUT2D eigenvalue weighted by Gasteiger charge is -2.32. The topological polar surface area (TPSA) is 6.48 Å². The van der Waals surface area contributed by atoms with Crippen LogP contribution in [0.2, 0.25) is 0 Å². The average Bonchev–Trinajstić information content (AvgIpc) is 2.96. The summed E-state index contributed by atoms with van der Waals surface area (Å²) in [6.45, 7) is 5.80. The van der Waals surface area contributed by atoms with Crippen molar-refractivity contribution < 1.29 is 0 Å². The molecule has 0 spiro atoms. The van der Waals surface area contributed by atoms with Crippen LogP contribution in [0.4, 0.5) is 0 Å². The third-order valence-corrected chi connectivity index (χ3v) is 4.00. The highest BCUT2D eigenvalue weighted by molar-refractivity contribution is 5.62. The van der Waals surface area contributed by atoms with Gasteiger partial charge in [0, 0.05) is 32.7 Å². The lowest BCUT2D eigenvalue weighted by molar-refractivity contribution is 0.148. The summed E-state index contributed by atoms with van der Waals surface area (Å²) < 4.78 is 0. The van der Waals surface area contributed by atoms with Gasteiger partial charge in [0.1, 0.15) is 0 Å². The Balaban J connectivity index is 1.60. The molecule has 0 amide bonds. The first-order chi connectivity index (χ1) is 9.79. The Hall–Kier alpha value is -1.64. The van der Waals surface area contributed by atoms with E-state index < -0.39 is 0 Å². The minimum absolute atomic E-state index is 1.07. The number of benzene rings is 1. The van der Waals surface area contributed by atoms with Gasteiger partial charge in [-0.25, -0.2) is 0 Å². The zero-order valence-corrected chi connectivity index (χ0v) is 12.1. The van der Waals surface area contributed by atoms with Crippen LogP contribution in [0.25, 0.3) is 6.08 Å². The van der Waals surface area contributed by atoms with Crippen LogP contribution in [0.3, 0.4) is 0 Å². The highest BCUT2D eigenvalue weighted by atomic mass is 15.2. The number of hydrogen-bond acceptors (Lipinski definition) is 2. The molecule has 0 bridgehead atoms. The van der Waals surface area contributed by atoms with Crippen LogP contribution in [-0.2, 0) is 6.54 Å². The Bertz CT molecular complexity index is 515. The van der Waals surface area contributed by atoms with Gasteiger partial charge in [-0.1, -0.05) is 48.6 Å². The van der Waals surface area contributed by atoms with Crippen LogP contribution in [0, 0.1) is 0 Å². The summed E-state index contributed by atoms with van der Waals surface area (Å²) >= 11 is 0. The predicted octanol–water partition coefficient (Wildman–Crippen LogP) is 2.94. The van der Waals surface area contributed by atoms with Crippen LogP contribution >= 0.6 is 0 Å². The van der Waals surface area contributed by atoms with Crippen LogP contribution in [-0.4, -0.2) is 43.0 Å². The molecule has 20 heavy (non-hydrogen) atoms. The van der Waals surface area contributed by atoms with Crippen LogP contribution in [0.15, 0.2) is 54.1 Å². The molecule has 3 rings (SSSR count). The van der Waals surface area contributed by atoms with E-state index in [2.05, 4.69) is 71.5 Å². The molecule has 0 aromatic heterocycles. The molecule has 2 nitrogen and oxygen atoms in total. The second kappa shape index (κ2) is 6.21. The maximum Gasteiger partial charge on any atom is 0.0234 e. The monoisotopic (exact) mass is 266 g/mol. The van der Waals surface area contributed by atoms with Gasteiger partial charge in [0.05, 0.1) is 0 Å². The summed E-state index contributed by atoms with van der Waals surface area (Å²) in [5, 5.41) is 0. The fourth-order valence-corrected chi connectivity index (χ4v) is 2.66. The molecule has 1 aliphatic heterocycles. The fourth-order valence-electron chi connectivity index (χ4n) is 2.66. The molecule has 1 saturated heterocycles. The Morgan fingerprint density at radius 3 is 2.25 bits per heavy atom. The number of allylic oxidation sites excluding steroid dienone is 5. The average molecular weight is 266 g/mol. The molecule has 0 saturated carbocycles. The number of rotatable bonds is 3. The summed E-state index contributed by atoms with van der Waals surface area (Å²) in [6, 6.07) is 8.96. The molecule has 1 aliphatic carbocycles. The van der Waals surface area contributed by atoms with Crippen molar-refractivity contribution >= 4 is 6.08 Å². The maximum atomic E-state index is 2.54. The molecule has 2 aliphatic rings. The van der Waals surface area contributed by atoms with Gasteiger partial charge in [-0.2, -0.15) is 0 Å². The van der Waals surface area contributed by atoms with Gasteiger partial charge < -0.3 is 4.90 Å². The summed E-state index contributed by atoms with van der Waals surface area (Å²) in [5.41, 5.74) is 3.96. The first-order valence-corrected chi connectivity index (χ1v) is 7.36. The van der Waals surface area contributed by atoms with Crippen molar-refractivity contribution in [3.63, 3.8) is 0 Å². The quantitative estimate of drug-likeness (QED) is 0.830. The molecular weight excluding hydrogens is 244 g/mol. The van der Waals surface area contributed by atoms with Crippen molar-refractivity contribution in [1.29, 1.82) is 0 Å². The third kappa shape index (κ3) is 3.47. The third-order valence-electron chi connectivity index (χ3n) is 4.00. The Kier molecular flexibility index (Phi) is 4.14.